The lowest BCUT2D eigenvalue weighted by Gasteiger charge is -2.31. The molecule has 0 radical (unpaired) electrons. The molecule has 0 amide bonds. The number of methoxy groups -OCH3 is 2. The van der Waals surface area contributed by atoms with Crippen LogP contribution in [-0.2, 0) is 23.8 Å². The van der Waals surface area contributed by atoms with Crippen LogP contribution in [0.3, 0.4) is 0 Å². The zero-order valence-corrected chi connectivity index (χ0v) is 10.1. The lowest BCUT2D eigenvalue weighted by Crippen LogP contribution is -2.41. The molecule has 0 N–H and O–H groups in total. The fourth-order valence-electron chi connectivity index (χ4n) is 2.73. The molecule has 5 atom stereocenters. The molecule has 0 aromatic carbocycles. The van der Waals surface area contributed by atoms with E-state index in [0.717, 1.165) is 0 Å². The van der Waals surface area contributed by atoms with Gasteiger partial charge in [-0.05, 0) is 6.92 Å². The summed E-state index contributed by atoms with van der Waals surface area (Å²) in [5, 5.41) is 0. The molecule has 17 heavy (non-hydrogen) atoms. The molecule has 1 saturated heterocycles. The number of carbonyl (C=O) groups is 2. The van der Waals surface area contributed by atoms with E-state index in [9.17, 15) is 9.59 Å². The van der Waals surface area contributed by atoms with Crippen molar-refractivity contribution in [3.8, 4) is 0 Å². The molecule has 1 aliphatic carbocycles. The van der Waals surface area contributed by atoms with Gasteiger partial charge in [-0.2, -0.15) is 0 Å². The van der Waals surface area contributed by atoms with Crippen molar-refractivity contribution in [2.75, 3.05) is 14.2 Å². The summed E-state index contributed by atoms with van der Waals surface area (Å²) >= 11 is 0. The van der Waals surface area contributed by atoms with Crippen molar-refractivity contribution in [3.05, 3.63) is 12.2 Å². The van der Waals surface area contributed by atoms with Gasteiger partial charge in [0.15, 0.2) is 0 Å². The Bertz CT molecular complexity index is 362. The molecule has 0 bridgehead atoms. The molecule has 5 nitrogen and oxygen atoms in total. The third-order valence-electron chi connectivity index (χ3n) is 3.55. The summed E-state index contributed by atoms with van der Waals surface area (Å²) < 4.78 is 15.2. The molecule has 0 aromatic heterocycles. The molecule has 0 spiro atoms. The third-order valence-corrected chi connectivity index (χ3v) is 3.55. The van der Waals surface area contributed by atoms with Crippen LogP contribution >= 0.6 is 0 Å². The van der Waals surface area contributed by atoms with Crippen molar-refractivity contribution < 1.29 is 23.8 Å². The van der Waals surface area contributed by atoms with Crippen LogP contribution in [0.1, 0.15) is 6.92 Å². The average Bonchev–Trinajstić information content (AvgIpc) is 2.64. The van der Waals surface area contributed by atoms with E-state index in [-0.39, 0.29) is 30.1 Å². The quantitative estimate of drug-likeness (QED) is 0.520. The van der Waals surface area contributed by atoms with E-state index in [1.54, 1.807) is 26.2 Å². The first-order valence-electron chi connectivity index (χ1n) is 5.59. The lowest BCUT2D eigenvalue weighted by atomic mass is 9.73. The Morgan fingerprint density at radius 3 is 2.65 bits per heavy atom. The Hall–Kier alpha value is -1.36. The van der Waals surface area contributed by atoms with Crippen molar-refractivity contribution in [1.82, 2.24) is 0 Å². The maximum atomic E-state index is 11.8. The normalized spacial score (nSPS) is 39.7. The van der Waals surface area contributed by atoms with E-state index in [4.69, 9.17) is 14.2 Å². The average molecular weight is 240 g/mol. The van der Waals surface area contributed by atoms with Crippen molar-refractivity contribution in [2.24, 2.45) is 17.8 Å². The molecule has 1 unspecified atom stereocenters. The standard InChI is InChI=1S/C12H16O5/c1-6-9-7(11(13)16-3)4-5-8(15-2)10(9)12(14)17-6/h4-10H,1-3H3/t6-,7?,8+,9+,10-/m0/s1. The van der Waals surface area contributed by atoms with Gasteiger partial charge in [0.2, 0.25) is 0 Å². The van der Waals surface area contributed by atoms with Crippen LogP contribution in [-0.4, -0.2) is 38.4 Å². The van der Waals surface area contributed by atoms with Gasteiger partial charge in [0.1, 0.15) is 6.10 Å². The van der Waals surface area contributed by atoms with Gasteiger partial charge in [-0.15, -0.1) is 0 Å². The van der Waals surface area contributed by atoms with Gasteiger partial charge in [-0.3, -0.25) is 9.59 Å². The van der Waals surface area contributed by atoms with Crippen LogP contribution in [0.15, 0.2) is 12.2 Å². The molecule has 94 valence electrons. The minimum atomic E-state index is -0.433. The number of carbonyl (C=O) groups excluding carboxylic acids is 2. The van der Waals surface area contributed by atoms with Crippen molar-refractivity contribution in [3.63, 3.8) is 0 Å². The third kappa shape index (κ3) is 1.84. The second-order valence-corrected chi connectivity index (χ2v) is 4.38. The number of ether oxygens (including phenoxy) is 3. The number of hydrogen-bond donors (Lipinski definition) is 0. The minimum Gasteiger partial charge on any atom is -0.469 e. The zero-order chi connectivity index (χ0) is 12.6. The van der Waals surface area contributed by atoms with Gasteiger partial charge in [0.05, 0.1) is 25.0 Å². The molecular formula is C12H16O5. The number of fused-ring (bicyclic) bond motifs is 1. The Labute approximate surface area is 99.7 Å². The molecule has 1 heterocycles. The molecule has 5 heteroatoms. The van der Waals surface area contributed by atoms with Crippen LogP contribution in [0.2, 0.25) is 0 Å². The van der Waals surface area contributed by atoms with E-state index in [1.807, 2.05) is 0 Å². The van der Waals surface area contributed by atoms with E-state index in [2.05, 4.69) is 0 Å². The molecule has 2 aliphatic rings. The lowest BCUT2D eigenvalue weighted by molar-refractivity contribution is -0.147. The Morgan fingerprint density at radius 2 is 2.06 bits per heavy atom. The van der Waals surface area contributed by atoms with Crippen molar-refractivity contribution >= 4 is 11.9 Å². The molecule has 0 saturated carbocycles. The van der Waals surface area contributed by atoms with Crippen LogP contribution in [0.4, 0.5) is 0 Å². The fraction of sp³-hybridized carbons (Fsp3) is 0.667. The van der Waals surface area contributed by atoms with E-state index in [0.29, 0.717) is 0 Å². The first kappa shape index (κ1) is 12.1. The highest BCUT2D eigenvalue weighted by Gasteiger charge is 2.53. The Morgan fingerprint density at radius 1 is 1.35 bits per heavy atom. The van der Waals surface area contributed by atoms with Gasteiger partial charge in [0.25, 0.3) is 0 Å². The van der Waals surface area contributed by atoms with Crippen LogP contribution in [0.5, 0.6) is 0 Å². The molecule has 1 fully saturated rings. The highest BCUT2D eigenvalue weighted by molar-refractivity contribution is 5.81. The minimum absolute atomic E-state index is 0.204. The van der Waals surface area contributed by atoms with Crippen molar-refractivity contribution in [2.45, 2.75) is 19.1 Å². The van der Waals surface area contributed by atoms with Crippen LogP contribution < -0.4 is 0 Å². The van der Waals surface area contributed by atoms with Gasteiger partial charge in [-0.1, -0.05) is 12.2 Å². The van der Waals surface area contributed by atoms with Gasteiger partial charge < -0.3 is 14.2 Å². The summed E-state index contributed by atoms with van der Waals surface area (Å²) in [4.78, 5) is 23.4. The molecular weight excluding hydrogens is 224 g/mol. The topological polar surface area (TPSA) is 61.8 Å². The van der Waals surface area contributed by atoms with E-state index < -0.39 is 11.8 Å². The summed E-state index contributed by atoms with van der Waals surface area (Å²) in [7, 11) is 2.89. The van der Waals surface area contributed by atoms with Gasteiger partial charge in [0, 0.05) is 13.0 Å². The SMILES string of the molecule is COC(=O)C1C=C[C@@H](OC)[C@@H]2C(=O)O[C@@H](C)[C@H]12. The predicted molar refractivity (Wildman–Crippen MR) is 58.0 cm³/mol. The number of hydrogen-bond acceptors (Lipinski definition) is 5. The highest BCUT2D eigenvalue weighted by atomic mass is 16.6. The summed E-state index contributed by atoms with van der Waals surface area (Å²) in [6, 6.07) is 0. The van der Waals surface area contributed by atoms with E-state index in [1.165, 1.54) is 7.11 Å². The maximum Gasteiger partial charge on any atom is 0.312 e. The molecule has 1 aliphatic heterocycles. The van der Waals surface area contributed by atoms with Gasteiger partial charge >= 0.3 is 11.9 Å². The number of esters is 2. The van der Waals surface area contributed by atoms with E-state index >= 15 is 0 Å². The summed E-state index contributed by atoms with van der Waals surface area (Å²) in [5.74, 6) is -1.68. The molecule has 2 rings (SSSR count). The zero-order valence-electron chi connectivity index (χ0n) is 10.1. The monoisotopic (exact) mass is 240 g/mol. The number of rotatable bonds is 2. The predicted octanol–water partition coefficient (Wildman–Crippen LogP) is 0.538. The first-order valence-corrected chi connectivity index (χ1v) is 5.59. The second kappa shape index (κ2) is 4.49. The highest BCUT2D eigenvalue weighted by Crippen LogP contribution is 2.41. The first-order chi connectivity index (χ1) is 8.10. The Kier molecular flexibility index (Phi) is 3.19. The summed E-state index contributed by atoms with van der Waals surface area (Å²) in [5.41, 5.74) is 0. The molecule has 0 aromatic rings. The van der Waals surface area contributed by atoms with Crippen LogP contribution in [0.25, 0.3) is 0 Å². The summed E-state index contributed by atoms with van der Waals surface area (Å²) in [6.45, 7) is 1.80. The maximum absolute atomic E-state index is 11.8. The van der Waals surface area contributed by atoms with Crippen molar-refractivity contribution in [1.29, 1.82) is 0 Å². The van der Waals surface area contributed by atoms with Gasteiger partial charge in [-0.25, -0.2) is 0 Å². The smallest absolute Gasteiger partial charge is 0.312 e. The number of cyclic esters (lactones) is 1. The second-order valence-electron chi connectivity index (χ2n) is 4.38. The Balaban J connectivity index is 2.33. The summed E-state index contributed by atoms with van der Waals surface area (Å²) in [6.07, 6.45) is 2.87. The van der Waals surface area contributed by atoms with Crippen LogP contribution in [0, 0.1) is 17.8 Å². The fourth-order valence-corrected chi connectivity index (χ4v) is 2.73. The largest absolute Gasteiger partial charge is 0.469 e.